The van der Waals surface area contributed by atoms with Crippen LogP contribution in [0, 0.1) is 13.8 Å². The number of benzene rings is 2. The summed E-state index contributed by atoms with van der Waals surface area (Å²) in [5.41, 5.74) is 9.35. The van der Waals surface area contributed by atoms with Crippen LogP contribution in [0.4, 0.5) is 5.69 Å². The van der Waals surface area contributed by atoms with Crippen LogP contribution >= 0.6 is 12.4 Å². The molecule has 0 spiro atoms. The number of rotatable bonds is 7. The minimum atomic E-state index is -0.101. The maximum Gasteiger partial charge on any atom is 0.227 e. The number of hydrogen-bond acceptors (Lipinski definition) is 5. The molecule has 0 aliphatic rings. The smallest absolute Gasteiger partial charge is 0.227 e. The molecule has 7 nitrogen and oxygen atoms in total. The number of halogens is 1. The molecular formula is C20H24ClN5O2. The highest BCUT2D eigenvalue weighted by molar-refractivity contribution is 5.91. The summed E-state index contributed by atoms with van der Waals surface area (Å²) in [6, 6.07) is 13.2. The summed E-state index contributed by atoms with van der Waals surface area (Å²) in [4.78, 5) is 16.4. The summed E-state index contributed by atoms with van der Waals surface area (Å²) in [7, 11) is 0. The van der Waals surface area contributed by atoms with E-state index in [-0.39, 0.29) is 24.7 Å². The molecule has 0 atom stereocenters. The third kappa shape index (κ3) is 5.31. The number of H-pyrrole nitrogens is 1. The van der Waals surface area contributed by atoms with Crippen molar-refractivity contribution in [2.45, 2.75) is 26.8 Å². The maximum atomic E-state index is 12.1. The van der Waals surface area contributed by atoms with Gasteiger partial charge in [-0.05, 0) is 55.3 Å². The number of nitrogens with zero attached hydrogens (tertiary/aromatic N) is 2. The first-order valence-corrected chi connectivity index (χ1v) is 8.77. The zero-order valence-electron chi connectivity index (χ0n) is 15.9. The molecule has 1 amide bonds. The molecule has 8 heteroatoms. The van der Waals surface area contributed by atoms with Crippen LogP contribution in [0.2, 0.25) is 0 Å². The monoisotopic (exact) mass is 401 g/mol. The molecule has 0 unspecified atom stereocenters. The lowest BCUT2D eigenvalue weighted by Gasteiger charge is -2.11. The Kier molecular flexibility index (Phi) is 7.54. The normalized spacial score (nSPS) is 10.2. The number of nitrogens with one attached hydrogen (secondary N) is 2. The standard InChI is InChI=1S/C20H23N5O2.ClH/c1-13-4-3-5-17(14(13)2)27-11-10-19(26)22-16-8-6-15(7-9-16)20-23-18(12-21)24-25-20;/h3-9H,10-12,21H2,1-2H3,(H,22,26)(H,23,24,25);1H. The molecule has 3 aromatic rings. The van der Waals surface area contributed by atoms with Crippen LogP contribution in [0.25, 0.3) is 11.4 Å². The number of aryl methyl sites for hydroxylation is 1. The molecule has 1 aromatic heterocycles. The Morgan fingerprint density at radius 3 is 2.61 bits per heavy atom. The number of ether oxygens (including phenoxy) is 1. The summed E-state index contributed by atoms with van der Waals surface area (Å²) in [5, 5.41) is 9.75. The van der Waals surface area contributed by atoms with Crippen LogP contribution < -0.4 is 15.8 Å². The van der Waals surface area contributed by atoms with Gasteiger partial charge < -0.3 is 15.8 Å². The second-order valence-electron chi connectivity index (χ2n) is 6.23. The van der Waals surface area contributed by atoms with Crippen molar-refractivity contribution in [3.8, 4) is 17.1 Å². The summed E-state index contributed by atoms with van der Waals surface area (Å²) < 4.78 is 5.72. The van der Waals surface area contributed by atoms with Crippen molar-refractivity contribution in [2.24, 2.45) is 5.73 Å². The van der Waals surface area contributed by atoms with E-state index in [1.54, 1.807) is 0 Å². The molecule has 0 fully saturated rings. The van der Waals surface area contributed by atoms with Gasteiger partial charge in [-0.25, -0.2) is 4.98 Å². The van der Waals surface area contributed by atoms with Crippen molar-refractivity contribution >= 4 is 24.0 Å². The van der Waals surface area contributed by atoms with Gasteiger partial charge in [0.25, 0.3) is 0 Å². The zero-order chi connectivity index (χ0) is 19.2. The maximum absolute atomic E-state index is 12.1. The van der Waals surface area contributed by atoms with Gasteiger partial charge >= 0.3 is 0 Å². The van der Waals surface area contributed by atoms with Gasteiger partial charge in [0.15, 0.2) is 5.82 Å². The molecular weight excluding hydrogens is 378 g/mol. The molecule has 28 heavy (non-hydrogen) atoms. The van der Waals surface area contributed by atoms with E-state index in [2.05, 4.69) is 20.5 Å². The summed E-state index contributed by atoms with van der Waals surface area (Å²) in [6.07, 6.45) is 0.274. The van der Waals surface area contributed by atoms with Gasteiger partial charge in [-0.3, -0.25) is 9.89 Å². The number of aromatic amines is 1. The van der Waals surface area contributed by atoms with Crippen LogP contribution in [0.3, 0.4) is 0 Å². The molecule has 0 aliphatic heterocycles. The molecule has 1 heterocycles. The molecule has 148 valence electrons. The van der Waals surface area contributed by atoms with Crippen molar-refractivity contribution in [1.29, 1.82) is 0 Å². The first kappa shape index (κ1) is 21.4. The van der Waals surface area contributed by atoms with E-state index in [1.807, 2.05) is 56.3 Å². The van der Waals surface area contributed by atoms with Crippen LogP contribution in [0.5, 0.6) is 5.75 Å². The highest BCUT2D eigenvalue weighted by Crippen LogP contribution is 2.21. The summed E-state index contributed by atoms with van der Waals surface area (Å²) >= 11 is 0. The lowest BCUT2D eigenvalue weighted by Crippen LogP contribution is -2.15. The second-order valence-corrected chi connectivity index (χ2v) is 6.23. The summed E-state index contributed by atoms with van der Waals surface area (Å²) in [5.74, 6) is 1.92. The second kappa shape index (κ2) is 9.87. The molecule has 0 saturated carbocycles. The molecule has 0 radical (unpaired) electrons. The molecule has 0 saturated heterocycles. The lowest BCUT2D eigenvalue weighted by molar-refractivity contribution is -0.116. The van der Waals surface area contributed by atoms with Gasteiger partial charge in [0, 0.05) is 11.3 Å². The average Bonchev–Trinajstić information content (AvgIpc) is 3.15. The molecule has 0 bridgehead atoms. The quantitative estimate of drug-likeness (QED) is 0.562. The number of amides is 1. The van der Waals surface area contributed by atoms with Gasteiger partial charge in [0.05, 0.1) is 19.6 Å². The topological polar surface area (TPSA) is 106 Å². The van der Waals surface area contributed by atoms with Crippen LogP contribution in [0.15, 0.2) is 42.5 Å². The first-order valence-electron chi connectivity index (χ1n) is 8.77. The van der Waals surface area contributed by atoms with Gasteiger partial charge in [-0.1, -0.05) is 12.1 Å². The highest BCUT2D eigenvalue weighted by Gasteiger charge is 2.08. The third-order valence-electron chi connectivity index (χ3n) is 4.29. The summed E-state index contributed by atoms with van der Waals surface area (Å²) in [6.45, 7) is 4.68. The van der Waals surface area contributed by atoms with Crippen LogP contribution in [-0.2, 0) is 11.3 Å². The number of carbonyl (C=O) groups excluding carboxylic acids is 1. The molecule has 4 N–H and O–H groups in total. The van der Waals surface area contributed by atoms with E-state index in [0.29, 0.717) is 30.5 Å². The van der Waals surface area contributed by atoms with E-state index in [0.717, 1.165) is 16.9 Å². The van der Waals surface area contributed by atoms with Crippen molar-refractivity contribution in [3.05, 3.63) is 59.4 Å². The number of aromatic nitrogens is 3. The minimum Gasteiger partial charge on any atom is -0.493 e. The highest BCUT2D eigenvalue weighted by atomic mass is 35.5. The Bertz CT molecular complexity index is 925. The number of hydrogen-bond donors (Lipinski definition) is 3. The number of nitrogens with two attached hydrogens (primary N) is 1. The Morgan fingerprint density at radius 2 is 1.93 bits per heavy atom. The van der Waals surface area contributed by atoms with E-state index >= 15 is 0 Å². The largest absolute Gasteiger partial charge is 0.493 e. The fourth-order valence-electron chi connectivity index (χ4n) is 2.58. The fourth-order valence-corrected chi connectivity index (χ4v) is 2.58. The van der Waals surface area contributed by atoms with Gasteiger partial charge in [0.2, 0.25) is 5.91 Å². The fraction of sp³-hybridized carbons (Fsp3) is 0.250. The van der Waals surface area contributed by atoms with Gasteiger partial charge in [-0.15, -0.1) is 12.4 Å². The SMILES string of the molecule is Cc1cccc(OCCC(=O)Nc2ccc(-c3n[nH]c(CN)n3)cc2)c1C.Cl. The van der Waals surface area contributed by atoms with Gasteiger partial charge in [-0.2, -0.15) is 5.10 Å². The van der Waals surface area contributed by atoms with E-state index in [1.165, 1.54) is 5.56 Å². The van der Waals surface area contributed by atoms with E-state index in [9.17, 15) is 4.79 Å². The van der Waals surface area contributed by atoms with Gasteiger partial charge in [0.1, 0.15) is 11.6 Å². The number of carbonyl (C=O) groups is 1. The Labute approximate surface area is 170 Å². The lowest BCUT2D eigenvalue weighted by atomic mass is 10.1. The number of anilines is 1. The predicted octanol–water partition coefficient (Wildman–Crippen LogP) is 3.38. The minimum absolute atomic E-state index is 0. The van der Waals surface area contributed by atoms with Crippen molar-refractivity contribution < 1.29 is 9.53 Å². The molecule has 0 aliphatic carbocycles. The third-order valence-corrected chi connectivity index (χ3v) is 4.29. The van der Waals surface area contributed by atoms with E-state index < -0.39 is 0 Å². The van der Waals surface area contributed by atoms with Crippen LogP contribution in [-0.4, -0.2) is 27.7 Å². The average molecular weight is 402 g/mol. The Hall–Kier alpha value is -2.90. The first-order chi connectivity index (χ1) is 13.1. The van der Waals surface area contributed by atoms with E-state index in [4.69, 9.17) is 10.5 Å². The molecule has 2 aromatic carbocycles. The van der Waals surface area contributed by atoms with Crippen molar-refractivity contribution in [3.63, 3.8) is 0 Å². The zero-order valence-corrected chi connectivity index (χ0v) is 16.7. The Morgan fingerprint density at radius 1 is 1.18 bits per heavy atom. The Balaban J connectivity index is 0.00000280. The molecule has 3 rings (SSSR count). The van der Waals surface area contributed by atoms with Crippen LogP contribution in [0.1, 0.15) is 23.4 Å². The predicted molar refractivity (Wildman–Crippen MR) is 112 cm³/mol. The van der Waals surface area contributed by atoms with Crippen molar-refractivity contribution in [1.82, 2.24) is 15.2 Å². The van der Waals surface area contributed by atoms with Crippen molar-refractivity contribution in [2.75, 3.05) is 11.9 Å².